The third kappa shape index (κ3) is 1.76. The van der Waals surface area contributed by atoms with Gasteiger partial charge in [-0.05, 0) is 25.1 Å². The van der Waals surface area contributed by atoms with Gasteiger partial charge in [0.05, 0.1) is 6.04 Å². The van der Waals surface area contributed by atoms with Crippen LogP contribution >= 0.6 is 0 Å². The number of hydrogen-bond acceptors (Lipinski definition) is 2. The number of ether oxygens (including phenoxy) is 1. The molecule has 0 aromatic heterocycles. The third-order valence-electron chi connectivity index (χ3n) is 3.28. The molecule has 1 aliphatic rings. The van der Waals surface area contributed by atoms with Gasteiger partial charge in [0.25, 0.3) is 0 Å². The summed E-state index contributed by atoms with van der Waals surface area (Å²) in [5, 5.41) is 0. The van der Waals surface area contributed by atoms with Crippen LogP contribution in [0.2, 0.25) is 0 Å². The molecule has 2 nitrogen and oxygen atoms in total. The average molecular weight is 225 g/mol. The summed E-state index contributed by atoms with van der Waals surface area (Å²) < 4.78 is 5.79. The second-order valence-corrected chi connectivity index (χ2v) is 4.29. The van der Waals surface area contributed by atoms with Gasteiger partial charge in [-0.2, -0.15) is 0 Å². The highest BCUT2D eigenvalue weighted by atomic mass is 16.5. The molecule has 3 rings (SSSR count). The molecule has 2 aromatic carbocycles. The fourth-order valence-corrected chi connectivity index (χ4v) is 2.29. The van der Waals surface area contributed by atoms with E-state index in [0.717, 1.165) is 5.75 Å². The first-order valence-electron chi connectivity index (χ1n) is 5.89. The molecular weight excluding hydrogens is 210 g/mol. The van der Waals surface area contributed by atoms with Gasteiger partial charge >= 0.3 is 0 Å². The fraction of sp³-hybridized carbons (Fsp3) is 0.200. The van der Waals surface area contributed by atoms with Crippen molar-refractivity contribution in [1.29, 1.82) is 0 Å². The van der Waals surface area contributed by atoms with Gasteiger partial charge in [-0.15, -0.1) is 0 Å². The second kappa shape index (κ2) is 4.13. The average Bonchev–Trinajstić information content (AvgIpc) is 2.40. The molecule has 1 aliphatic heterocycles. The van der Waals surface area contributed by atoms with Crippen LogP contribution in [0.5, 0.6) is 5.75 Å². The predicted molar refractivity (Wildman–Crippen MR) is 69.3 cm³/mol. The van der Waals surface area contributed by atoms with E-state index in [1.54, 1.807) is 0 Å². The SMILES string of the molecule is CC1c2ccccc2OCN1c1ccccc1. The highest BCUT2D eigenvalue weighted by molar-refractivity contribution is 5.52. The molecule has 1 atom stereocenters. The Bertz CT molecular complexity index is 509. The molecule has 0 radical (unpaired) electrons. The van der Waals surface area contributed by atoms with E-state index >= 15 is 0 Å². The lowest BCUT2D eigenvalue weighted by molar-refractivity contribution is 0.273. The van der Waals surface area contributed by atoms with E-state index in [2.05, 4.69) is 48.2 Å². The molecule has 0 saturated carbocycles. The van der Waals surface area contributed by atoms with Gasteiger partial charge in [-0.3, -0.25) is 0 Å². The zero-order valence-corrected chi connectivity index (χ0v) is 9.84. The van der Waals surface area contributed by atoms with Gasteiger partial charge in [0.15, 0.2) is 6.73 Å². The molecule has 0 N–H and O–H groups in total. The van der Waals surface area contributed by atoms with Gasteiger partial charge in [0, 0.05) is 11.3 Å². The van der Waals surface area contributed by atoms with Crippen LogP contribution in [0.3, 0.4) is 0 Å². The van der Waals surface area contributed by atoms with Crippen LogP contribution < -0.4 is 9.64 Å². The molecule has 2 heteroatoms. The van der Waals surface area contributed by atoms with Crippen molar-refractivity contribution in [2.75, 3.05) is 11.6 Å². The van der Waals surface area contributed by atoms with Gasteiger partial charge in [-0.25, -0.2) is 0 Å². The van der Waals surface area contributed by atoms with Gasteiger partial charge in [-0.1, -0.05) is 36.4 Å². The number of anilines is 1. The van der Waals surface area contributed by atoms with Crippen LogP contribution in [0.4, 0.5) is 5.69 Å². The summed E-state index contributed by atoms with van der Waals surface area (Å²) in [6.45, 7) is 2.83. The van der Waals surface area contributed by atoms with Crippen molar-refractivity contribution < 1.29 is 4.74 Å². The van der Waals surface area contributed by atoms with Crippen molar-refractivity contribution in [3.8, 4) is 5.75 Å². The topological polar surface area (TPSA) is 12.5 Å². The molecule has 0 bridgehead atoms. The maximum Gasteiger partial charge on any atom is 0.162 e. The number of para-hydroxylation sites is 2. The summed E-state index contributed by atoms with van der Waals surface area (Å²) in [5.74, 6) is 1.01. The molecule has 2 aromatic rings. The lowest BCUT2D eigenvalue weighted by Gasteiger charge is -2.36. The van der Waals surface area contributed by atoms with Crippen molar-refractivity contribution in [3.63, 3.8) is 0 Å². The van der Waals surface area contributed by atoms with Crippen LogP contribution in [-0.2, 0) is 0 Å². The first-order chi connectivity index (χ1) is 8.36. The van der Waals surface area contributed by atoms with Crippen LogP contribution in [0.1, 0.15) is 18.5 Å². The highest BCUT2D eigenvalue weighted by Gasteiger charge is 2.24. The summed E-state index contributed by atoms with van der Waals surface area (Å²) in [6, 6.07) is 19.0. The minimum absolute atomic E-state index is 0.349. The van der Waals surface area contributed by atoms with Gasteiger partial charge in [0.2, 0.25) is 0 Å². The van der Waals surface area contributed by atoms with E-state index in [-0.39, 0.29) is 0 Å². The molecule has 0 amide bonds. The number of fused-ring (bicyclic) bond motifs is 1. The standard InChI is InChI=1S/C15H15NO/c1-12-14-9-5-6-10-15(14)17-11-16(12)13-7-3-2-4-8-13/h2-10,12H,11H2,1H3. The summed E-state index contributed by atoms with van der Waals surface area (Å²) in [6.07, 6.45) is 0. The lowest BCUT2D eigenvalue weighted by Crippen LogP contribution is -2.35. The van der Waals surface area contributed by atoms with Gasteiger partial charge < -0.3 is 9.64 Å². The second-order valence-electron chi connectivity index (χ2n) is 4.29. The van der Waals surface area contributed by atoms with Crippen molar-refractivity contribution in [2.24, 2.45) is 0 Å². The molecular formula is C15H15NO. The fourth-order valence-electron chi connectivity index (χ4n) is 2.29. The lowest BCUT2D eigenvalue weighted by atomic mass is 10.0. The summed E-state index contributed by atoms with van der Waals surface area (Å²) >= 11 is 0. The smallest absolute Gasteiger partial charge is 0.162 e. The number of hydrogen-bond donors (Lipinski definition) is 0. The maximum atomic E-state index is 5.79. The molecule has 0 aliphatic carbocycles. The Morgan fingerprint density at radius 1 is 1.00 bits per heavy atom. The Kier molecular flexibility index (Phi) is 2.48. The maximum absolute atomic E-state index is 5.79. The largest absolute Gasteiger partial charge is 0.473 e. The van der Waals surface area contributed by atoms with E-state index < -0.39 is 0 Å². The van der Waals surface area contributed by atoms with Crippen LogP contribution in [0, 0.1) is 0 Å². The minimum atomic E-state index is 0.349. The summed E-state index contributed by atoms with van der Waals surface area (Å²) in [7, 11) is 0. The van der Waals surface area contributed by atoms with E-state index in [4.69, 9.17) is 4.74 Å². The summed E-state index contributed by atoms with van der Waals surface area (Å²) in [5.41, 5.74) is 2.46. The van der Waals surface area contributed by atoms with Crippen LogP contribution in [-0.4, -0.2) is 6.73 Å². The minimum Gasteiger partial charge on any atom is -0.473 e. The molecule has 1 heterocycles. The Morgan fingerprint density at radius 2 is 1.71 bits per heavy atom. The van der Waals surface area contributed by atoms with Crippen molar-refractivity contribution in [3.05, 3.63) is 60.2 Å². The molecule has 17 heavy (non-hydrogen) atoms. The third-order valence-corrected chi connectivity index (χ3v) is 3.28. The zero-order valence-electron chi connectivity index (χ0n) is 9.84. The molecule has 0 fully saturated rings. The van der Waals surface area contributed by atoms with Gasteiger partial charge in [0.1, 0.15) is 5.75 Å². The monoisotopic (exact) mass is 225 g/mol. The van der Waals surface area contributed by atoms with Crippen LogP contribution in [0.15, 0.2) is 54.6 Å². The van der Waals surface area contributed by atoms with Crippen molar-refractivity contribution in [1.82, 2.24) is 0 Å². The molecule has 86 valence electrons. The van der Waals surface area contributed by atoms with Crippen molar-refractivity contribution in [2.45, 2.75) is 13.0 Å². The first kappa shape index (κ1) is 10.2. The normalized spacial score (nSPS) is 18.4. The number of nitrogens with zero attached hydrogens (tertiary/aromatic N) is 1. The Morgan fingerprint density at radius 3 is 2.53 bits per heavy atom. The summed E-state index contributed by atoms with van der Waals surface area (Å²) in [4.78, 5) is 2.27. The van der Waals surface area contributed by atoms with Crippen LogP contribution in [0.25, 0.3) is 0 Å². The quantitative estimate of drug-likeness (QED) is 0.735. The molecule has 0 spiro atoms. The van der Waals surface area contributed by atoms with E-state index in [1.807, 2.05) is 18.2 Å². The zero-order chi connectivity index (χ0) is 11.7. The predicted octanol–water partition coefficient (Wildman–Crippen LogP) is 3.60. The number of benzene rings is 2. The van der Waals surface area contributed by atoms with E-state index in [1.165, 1.54) is 11.3 Å². The Balaban J connectivity index is 1.97. The van der Waals surface area contributed by atoms with E-state index in [9.17, 15) is 0 Å². The Hall–Kier alpha value is -1.96. The van der Waals surface area contributed by atoms with Crippen molar-refractivity contribution >= 4 is 5.69 Å². The highest BCUT2D eigenvalue weighted by Crippen LogP contribution is 2.35. The number of rotatable bonds is 1. The van der Waals surface area contributed by atoms with E-state index in [0.29, 0.717) is 12.8 Å². The molecule has 1 unspecified atom stereocenters. The Labute approximate surface area is 101 Å². The first-order valence-corrected chi connectivity index (χ1v) is 5.89. The molecule has 0 saturated heterocycles.